The molecule has 5 amide bonds. The van der Waals surface area contributed by atoms with Crippen molar-refractivity contribution in [3.63, 3.8) is 0 Å². The van der Waals surface area contributed by atoms with Gasteiger partial charge in [0.15, 0.2) is 6.04 Å². The summed E-state index contributed by atoms with van der Waals surface area (Å²) in [6, 6.07) is 10.3. The molecule has 15 nitrogen and oxygen atoms in total. The second-order valence-electron chi connectivity index (χ2n) is 11.6. The molecule has 4 rings (SSSR count). The maximum absolute atomic E-state index is 14.7. The van der Waals surface area contributed by atoms with Crippen molar-refractivity contribution in [2.24, 2.45) is 16.8 Å². The first-order valence-electron chi connectivity index (χ1n) is 15.6. The van der Waals surface area contributed by atoms with Crippen molar-refractivity contribution in [1.82, 2.24) is 10.6 Å². The Hall–Kier alpha value is -6.26. The van der Waals surface area contributed by atoms with E-state index in [4.69, 9.17) is 20.6 Å². The fourth-order valence-electron chi connectivity index (χ4n) is 5.27. The van der Waals surface area contributed by atoms with Crippen LogP contribution in [0.25, 0.3) is 0 Å². The number of rotatable bonds is 12. The van der Waals surface area contributed by atoms with E-state index in [1.165, 1.54) is 38.1 Å². The van der Waals surface area contributed by atoms with Gasteiger partial charge in [-0.05, 0) is 61.4 Å². The molecule has 0 aromatic heterocycles. The molecule has 3 aromatic carbocycles. The number of ether oxygens (including phenoxy) is 2. The van der Waals surface area contributed by atoms with Gasteiger partial charge >= 0.3 is 12.2 Å². The van der Waals surface area contributed by atoms with E-state index in [2.05, 4.69) is 21.1 Å². The zero-order chi connectivity index (χ0) is 37.4. The number of carbonyl (C=O) groups is 5. The number of nitrogens with zero attached hydrogens (tertiary/aromatic N) is 2. The minimum absolute atomic E-state index is 0.0367. The number of halogens is 2. The molecule has 0 saturated carbocycles. The Labute approximate surface area is 290 Å². The van der Waals surface area contributed by atoms with Crippen LogP contribution in [-0.4, -0.2) is 60.9 Å². The number of nitrogens with two attached hydrogens (primary N) is 1. The Morgan fingerprint density at radius 1 is 0.961 bits per heavy atom. The van der Waals surface area contributed by atoms with Gasteiger partial charge in [0.1, 0.15) is 30.9 Å². The topological polar surface area (TPSA) is 222 Å². The van der Waals surface area contributed by atoms with Crippen LogP contribution in [0.15, 0.2) is 65.8 Å². The number of fused-ring (bicyclic) bond motifs is 1. The molecule has 1 aliphatic rings. The summed E-state index contributed by atoms with van der Waals surface area (Å²) in [6.45, 7) is 3.68. The largest absolute Gasteiger partial charge is 0.447 e. The minimum atomic E-state index is -1.14. The van der Waals surface area contributed by atoms with E-state index in [9.17, 15) is 37.7 Å². The number of nitroso groups, excluding NO2 is 1. The number of alkyl carbamates (subject to hydrolysis) is 1. The maximum Gasteiger partial charge on any atom is 0.414 e. The summed E-state index contributed by atoms with van der Waals surface area (Å²) in [5, 5.41) is 18.8. The standard InChI is InChI=1S/C34H35F2N7O8/c1-17-28(37)27-25(30(38)44)14-23(36)15-26(27)43(29(17)21-6-8-22(35)9-7-21)34(48)50-13-12-39-33(47)51-16-20-4-10-24(11-5-20)41-31(45)18(2)40-32(46)19(3)42-49/h4-11,14-15,17-19,29,37H,12-13,16H2,1-3H3,(H2,38,44)(H,39,47)(H,40,46)(H,41,45)/t17-,18-,19-,29-/m0/s1. The number of benzene rings is 3. The van der Waals surface area contributed by atoms with Gasteiger partial charge in [-0.15, -0.1) is 4.91 Å². The highest BCUT2D eigenvalue weighted by atomic mass is 19.1. The first kappa shape index (κ1) is 37.6. The van der Waals surface area contributed by atoms with Gasteiger partial charge in [-0.1, -0.05) is 36.4 Å². The number of primary amides is 1. The molecule has 0 radical (unpaired) electrons. The molecule has 6 N–H and O–H groups in total. The van der Waals surface area contributed by atoms with E-state index >= 15 is 0 Å². The van der Waals surface area contributed by atoms with E-state index in [1.807, 2.05) is 0 Å². The van der Waals surface area contributed by atoms with Crippen molar-refractivity contribution < 1.29 is 42.2 Å². The summed E-state index contributed by atoms with van der Waals surface area (Å²) in [4.78, 5) is 73.7. The predicted molar refractivity (Wildman–Crippen MR) is 180 cm³/mol. The van der Waals surface area contributed by atoms with E-state index < -0.39 is 65.6 Å². The lowest BCUT2D eigenvalue weighted by atomic mass is 9.80. The van der Waals surface area contributed by atoms with Gasteiger partial charge in [-0.2, -0.15) is 0 Å². The van der Waals surface area contributed by atoms with Gasteiger partial charge in [-0.25, -0.2) is 18.4 Å². The van der Waals surface area contributed by atoms with Crippen molar-refractivity contribution in [3.05, 3.63) is 99.5 Å². The van der Waals surface area contributed by atoms with Gasteiger partial charge in [-0.3, -0.25) is 19.3 Å². The van der Waals surface area contributed by atoms with E-state index in [-0.39, 0.29) is 42.3 Å². The molecular weight excluding hydrogens is 672 g/mol. The lowest BCUT2D eigenvalue weighted by molar-refractivity contribution is -0.126. The van der Waals surface area contributed by atoms with Crippen molar-refractivity contribution in [2.45, 2.75) is 45.5 Å². The van der Waals surface area contributed by atoms with Gasteiger partial charge in [0.25, 0.3) is 0 Å². The summed E-state index contributed by atoms with van der Waals surface area (Å²) in [5.41, 5.74) is 6.32. The molecule has 4 atom stereocenters. The third kappa shape index (κ3) is 9.05. The van der Waals surface area contributed by atoms with Crippen LogP contribution < -0.4 is 26.6 Å². The molecular formula is C34H35F2N7O8. The van der Waals surface area contributed by atoms with Crippen LogP contribution in [0.3, 0.4) is 0 Å². The second-order valence-corrected chi connectivity index (χ2v) is 11.6. The maximum atomic E-state index is 14.7. The highest BCUT2D eigenvalue weighted by Gasteiger charge is 2.42. The van der Waals surface area contributed by atoms with Gasteiger partial charge in [0, 0.05) is 22.9 Å². The van der Waals surface area contributed by atoms with Crippen LogP contribution >= 0.6 is 0 Å². The molecule has 0 fully saturated rings. The summed E-state index contributed by atoms with van der Waals surface area (Å²) in [6.07, 6.45) is -1.83. The van der Waals surface area contributed by atoms with Crippen LogP contribution in [0.2, 0.25) is 0 Å². The van der Waals surface area contributed by atoms with Crippen LogP contribution in [0, 0.1) is 27.9 Å². The summed E-state index contributed by atoms with van der Waals surface area (Å²) >= 11 is 0. The Bertz CT molecular complexity index is 1840. The molecule has 0 saturated heterocycles. The van der Waals surface area contributed by atoms with E-state index in [0.29, 0.717) is 16.8 Å². The molecule has 0 aliphatic carbocycles. The molecule has 3 aromatic rings. The number of hydrogen-bond acceptors (Lipinski definition) is 10. The Morgan fingerprint density at radius 2 is 1.63 bits per heavy atom. The van der Waals surface area contributed by atoms with Crippen molar-refractivity contribution in [1.29, 1.82) is 5.41 Å². The average molecular weight is 708 g/mol. The Morgan fingerprint density at radius 3 is 2.25 bits per heavy atom. The SMILES string of the molecule is C[C@H](N=O)C(=O)N[C@@H](C)C(=O)Nc1ccc(COC(=O)NCCOC(=O)N2c3cc(F)cc(C(N)=O)c3C(=N)[C@H](C)[C@H]2c2ccc(F)cc2)cc1. The first-order chi connectivity index (χ1) is 24.2. The van der Waals surface area contributed by atoms with E-state index in [0.717, 1.165) is 17.0 Å². The van der Waals surface area contributed by atoms with Crippen LogP contribution in [-0.2, 0) is 25.7 Å². The lowest BCUT2D eigenvalue weighted by Crippen LogP contribution is -2.46. The fourth-order valence-corrected chi connectivity index (χ4v) is 5.27. The molecule has 0 unspecified atom stereocenters. The molecule has 268 valence electrons. The van der Waals surface area contributed by atoms with Gasteiger partial charge in [0.05, 0.1) is 23.8 Å². The smallest absolute Gasteiger partial charge is 0.414 e. The first-order valence-corrected chi connectivity index (χ1v) is 15.6. The zero-order valence-electron chi connectivity index (χ0n) is 27.7. The van der Waals surface area contributed by atoms with Crippen molar-refractivity contribution >= 4 is 47.0 Å². The second kappa shape index (κ2) is 16.4. The summed E-state index contributed by atoms with van der Waals surface area (Å²) < 4.78 is 39.1. The molecule has 1 aliphatic heterocycles. The number of nitrogens with one attached hydrogen (secondary N) is 4. The zero-order valence-corrected chi connectivity index (χ0v) is 27.7. The number of hydrogen-bond donors (Lipinski definition) is 5. The van der Waals surface area contributed by atoms with E-state index in [1.54, 1.807) is 31.2 Å². The normalized spacial score (nSPS) is 16.2. The van der Waals surface area contributed by atoms with Crippen LogP contribution in [0.1, 0.15) is 53.9 Å². The fraction of sp³-hybridized carbons (Fsp3) is 0.294. The molecule has 0 bridgehead atoms. The third-order valence-electron chi connectivity index (χ3n) is 7.97. The van der Waals surface area contributed by atoms with Crippen LogP contribution in [0.5, 0.6) is 0 Å². The van der Waals surface area contributed by atoms with Gasteiger partial charge in [0.2, 0.25) is 17.7 Å². The predicted octanol–water partition coefficient (Wildman–Crippen LogP) is 4.29. The average Bonchev–Trinajstić information content (AvgIpc) is 3.10. The number of anilines is 2. The molecule has 51 heavy (non-hydrogen) atoms. The number of carbonyl (C=O) groups excluding carboxylic acids is 5. The molecule has 0 spiro atoms. The van der Waals surface area contributed by atoms with Gasteiger partial charge < -0.3 is 36.6 Å². The number of amides is 5. The van der Waals surface area contributed by atoms with Crippen molar-refractivity contribution in [2.75, 3.05) is 23.4 Å². The quantitative estimate of drug-likeness (QED) is 0.135. The Kier molecular flexibility index (Phi) is 12.1. The highest BCUT2D eigenvalue weighted by Crippen LogP contribution is 2.44. The summed E-state index contributed by atoms with van der Waals surface area (Å²) in [5.74, 6) is -4.40. The molecule has 17 heteroatoms. The highest BCUT2D eigenvalue weighted by molar-refractivity contribution is 6.17. The lowest BCUT2D eigenvalue weighted by Gasteiger charge is -2.41. The van der Waals surface area contributed by atoms with Crippen molar-refractivity contribution in [3.8, 4) is 0 Å². The van der Waals surface area contributed by atoms with Crippen LogP contribution in [0.4, 0.5) is 29.7 Å². The minimum Gasteiger partial charge on any atom is -0.447 e. The molecule has 1 heterocycles. The monoisotopic (exact) mass is 707 g/mol. The third-order valence-corrected chi connectivity index (χ3v) is 7.97. The summed E-state index contributed by atoms with van der Waals surface area (Å²) in [7, 11) is 0. The Balaban J connectivity index is 1.34.